The fourth-order valence-corrected chi connectivity index (χ4v) is 8.17. The molecular formula is C38H38ClN7O7S. The van der Waals surface area contributed by atoms with E-state index in [0.29, 0.717) is 43.4 Å². The van der Waals surface area contributed by atoms with Crippen LogP contribution in [-0.2, 0) is 19.1 Å². The van der Waals surface area contributed by atoms with Gasteiger partial charge in [-0.2, -0.15) is 0 Å². The van der Waals surface area contributed by atoms with E-state index < -0.39 is 35.7 Å². The zero-order valence-corrected chi connectivity index (χ0v) is 31.5. The van der Waals surface area contributed by atoms with E-state index in [0.717, 1.165) is 38.1 Å². The van der Waals surface area contributed by atoms with E-state index in [2.05, 4.69) is 34.7 Å². The molecule has 0 saturated carbocycles. The molecule has 0 radical (unpaired) electrons. The molecule has 3 aliphatic rings. The molecule has 5 amide bonds. The Kier molecular flexibility index (Phi) is 10.7. The highest BCUT2D eigenvalue weighted by Gasteiger charge is 2.46. The SMILES string of the molecule is Cc1sc2c(c1C)C(c1ccc(Cl)cc1)=N[C@@H](CC(=O)NCCCOCCCOc1cccc3c1C(=O)N(C1CCC(=O)NC1=O)C3=O)c1nnc(C)n1-2. The Morgan fingerprint density at radius 3 is 2.54 bits per heavy atom. The first kappa shape index (κ1) is 37.1. The van der Waals surface area contributed by atoms with Gasteiger partial charge in [0.2, 0.25) is 17.7 Å². The zero-order chi connectivity index (χ0) is 38.1. The topological polar surface area (TPSA) is 174 Å². The number of piperidine rings is 1. The van der Waals surface area contributed by atoms with Crippen LogP contribution in [0.3, 0.4) is 0 Å². The minimum absolute atomic E-state index is 0.0443. The van der Waals surface area contributed by atoms with Crippen molar-refractivity contribution < 1.29 is 33.4 Å². The fraction of sp³-hybridized carbons (Fsp3) is 0.368. The zero-order valence-electron chi connectivity index (χ0n) is 29.9. The van der Waals surface area contributed by atoms with Crippen LogP contribution in [0.4, 0.5) is 0 Å². The number of nitrogens with one attached hydrogen (secondary N) is 2. The van der Waals surface area contributed by atoms with Crippen molar-refractivity contribution in [3.8, 4) is 10.8 Å². The lowest BCUT2D eigenvalue weighted by Crippen LogP contribution is -2.54. The number of aromatic nitrogens is 3. The third kappa shape index (κ3) is 7.18. The second-order valence-corrected chi connectivity index (χ2v) is 14.9. The highest BCUT2D eigenvalue weighted by molar-refractivity contribution is 7.15. The van der Waals surface area contributed by atoms with E-state index >= 15 is 0 Å². The van der Waals surface area contributed by atoms with Gasteiger partial charge in [0.1, 0.15) is 28.7 Å². The molecule has 1 fully saturated rings. The van der Waals surface area contributed by atoms with Gasteiger partial charge in [-0.25, -0.2) is 0 Å². The summed E-state index contributed by atoms with van der Waals surface area (Å²) in [5, 5.41) is 15.6. The van der Waals surface area contributed by atoms with Crippen LogP contribution in [0, 0.1) is 20.8 Å². The van der Waals surface area contributed by atoms with Crippen molar-refractivity contribution in [2.24, 2.45) is 4.99 Å². The number of aryl methyl sites for hydroxylation is 2. The number of hydrogen-bond acceptors (Lipinski definition) is 11. The molecule has 14 nitrogen and oxygen atoms in total. The van der Waals surface area contributed by atoms with Crippen LogP contribution in [0.5, 0.6) is 5.75 Å². The van der Waals surface area contributed by atoms with Crippen LogP contribution < -0.4 is 15.4 Å². The molecule has 5 heterocycles. The van der Waals surface area contributed by atoms with Crippen molar-refractivity contribution in [3.63, 3.8) is 0 Å². The number of amides is 5. The summed E-state index contributed by atoms with van der Waals surface area (Å²) in [6.07, 6.45) is 1.30. The average Bonchev–Trinajstić information content (AvgIpc) is 3.72. The molecule has 54 heavy (non-hydrogen) atoms. The smallest absolute Gasteiger partial charge is 0.266 e. The summed E-state index contributed by atoms with van der Waals surface area (Å²) in [6.45, 7) is 7.48. The van der Waals surface area contributed by atoms with Crippen molar-refractivity contribution in [1.82, 2.24) is 30.3 Å². The number of hydrogen-bond donors (Lipinski definition) is 2. The number of carbonyl (C=O) groups is 5. The van der Waals surface area contributed by atoms with Gasteiger partial charge >= 0.3 is 0 Å². The Morgan fingerprint density at radius 2 is 1.76 bits per heavy atom. The van der Waals surface area contributed by atoms with Gasteiger partial charge in [-0.1, -0.05) is 29.8 Å². The van der Waals surface area contributed by atoms with Gasteiger partial charge in [0.25, 0.3) is 11.8 Å². The van der Waals surface area contributed by atoms with Gasteiger partial charge in [-0.05, 0) is 63.4 Å². The first-order valence-corrected chi connectivity index (χ1v) is 18.9. The molecule has 4 aromatic rings. The number of carbonyl (C=O) groups excluding carboxylic acids is 5. The molecule has 1 unspecified atom stereocenters. The summed E-state index contributed by atoms with van der Waals surface area (Å²) in [6, 6.07) is 10.7. The molecule has 280 valence electrons. The quantitative estimate of drug-likeness (QED) is 0.146. The van der Waals surface area contributed by atoms with Gasteiger partial charge in [-0.15, -0.1) is 21.5 Å². The molecular weight excluding hydrogens is 734 g/mol. The standard InChI is InChI=1S/C38H38ClN7O7S/c1-20-21(2)54-38-31(20)33(23-9-11-24(39)12-10-23)41-26(34-44-43-22(3)45(34)38)19-30(48)40-15-5-16-52-17-6-18-53-28-8-4-7-25-32(28)37(51)46(36(25)50)27-13-14-29(47)42-35(27)49/h4,7-12,26-27H,5-6,13-19H2,1-3H3,(H,40,48)(H,42,47,49)/t26-,27?/m0/s1. The first-order chi connectivity index (χ1) is 26.0. The lowest BCUT2D eigenvalue weighted by atomic mass is 9.99. The number of imide groups is 2. The number of nitrogens with zero attached hydrogens (tertiary/aromatic N) is 5. The van der Waals surface area contributed by atoms with Crippen LogP contribution in [0.2, 0.25) is 5.02 Å². The Bertz CT molecular complexity index is 2200. The number of rotatable bonds is 13. The number of aliphatic imine (C=N–C) groups is 1. The summed E-state index contributed by atoms with van der Waals surface area (Å²) < 4.78 is 13.6. The number of benzene rings is 2. The van der Waals surface area contributed by atoms with E-state index in [-0.39, 0.29) is 48.7 Å². The monoisotopic (exact) mass is 771 g/mol. The molecule has 2 aromatic heterocycles. The molecule has 2 N–H and O–H groups in total. The van der Waals surface area contributed by atoms with E-state index in [4.69, 9.17) is 26.1 Å². The number of ether oxygens (including phenoxy) is 2. The Labute approximate surface area is 319 Å². The van der Waals surface area contributed by atoms with Gasteiger partial charge in [0.15, 0.2) is 5.82 Å². The Balaban J connectivity index is 0.889. The van der Waals surface area contributed by atoms with Crippen molar-refractivity contribution in [1.29, 1.82) is 0 Å². The van der Waals surface area contributed by atoms with Crippen molar-refractivity contribution in [2.75, 3.05) is 26.4 Å². The van der Waals surface area contributed by atoms with E-state index in [1.165, 1.54) is 10.9 Å². The highest BCUT2D eigenvalue weighted by atomic mass is 35.5. The molecule has 2 atom stereocenters. The molecule has 0 spiro atoms. The predicted octanol–water partition coefficient (Wildman–Crippen LogP) is 4.58. The minimum Gasteiger partial charge on any atom is -0.493 e. The Morgan fingerprint density at radius 1 is 0.981 bits per heavy atom. The Hall–Kier alpha value is -5.25. The maximum Gasteiger partial charge on any atom is 0.266 e. The van der Waals surface area contributed by atoms with Crippen LogP contribution in [0.15, 0.2) is 47.5 Å². The van der Waals surface area contributed by atoms with Crippen LogP contribution in [0.25, 0.3) is 5.00 Å². The first-order valence-electron chi connectivity index (χ1n) is 17.7. The molecule has 0 bridgehead atoms. The van der Waals surface area contributed by atoms with E-state index in [9.17, 15) is 24.0 Å². The van der Waals surface area contributed by atoms with Crippen LogP contribution in [0.1, 0.15) is 92.1 Å². The predicted molar refractivity (Wildman–Crippen MR) is 200 cm³/mol. The van der Waals surface area contributed by atoms with E-state index in [1.807, 2.05) is 35.8 Å². The molecule has 7 rings (SSSR count). The lowest BCUT2D eigenvalue weighted by molar-refractivity contribution is -0.136. The highest BCUT2D eigenvalue weighted by Crippen LogP contribution is 2.40. The third-order valence-electron chi connectivity index (χ3n) is 9.64. The second-order valence-electron chi connectivity index (χ2n) is 13.3. The lowest BCUT2D eigenvalue weighted by Gasteiger charge is -2.27. The maximum atomic E-state index is 13.3. The van der Waals surface area contributed by atoms with Crippen LogP contribution >= 0.6 is 22.9 Å². The fourth-order valence-electron chi connectivity index (χ4n) is 6.83. The average molecular weight is 772 g/mol. The van der Waals surface area contributed by atoms with Crippen molar-refractivity contribution in [2.45, 2.75) is 65.0 Å². The number of halogens is 1. The van der Waals surface area contributed by atoms with E-state index in [1.54, 1.807) is 23.5 Å². The van der Waals surface area contributed by atoms with Crippen LogP contribution in [-0.4, -0.2) is 87.3 Å². The van der Waals surface area contributed by atoms with Gasteiger partial charge in [-0.3, -0.25) is 43.7 Å². The number of fused-ring (bicyclic) bond motifs is 4. The molecule has 0 aliphatic carbocycles. The number of thiophene rings is 1. The molecule has 1 saturated heterocycles. The summed E-state index contributed by atoms with van der Waals surface area (Å²) in [4.78, 5) is 70.7. The largest absolute Gasteiger partial charge is 0.493 e. The minimum atomic E-state index is -1.05. The summed E-state index contributed by atoms with van der Waals surface area (Å²) in [5.41, 5.74) is 4.08. The van der Waals surface area contributed by atoms with Gasteiger partial charge in [0.05, 0.1) is 29.9 Å². The van der Waals surface area contributed by atoms with Crippen molar-refractivity contribution >= 4 is 58.2 Å². The second kappa shape index (κ2) is 15.6. The summed E-state index contributed by atoms with van der Waals surface area (Å²) in [7, 11) is 0. The van der Waals surface area contributed by atoms with Gasteiger partial charge < -0.3 is 14.8 Å². The molecule has 3 aliphatic heterocycles. The normalized spacial score (nSPS) is 17.8. The third-order valence-corrected chi connectivity index (χ3v) is 11.1. The van der Waals surface area contributed by atoms with Gasteiger partial charge in [0, 0.05) is 53.6 Å². The maximum absolute atomic E-state index is 13.3. The molecule has 2 aromatic carbocycles. The van der Waals surface area contributed by atoms with Crippen molar-refractivity contribution in [3.05, 3.63) is 91.8 Å². The summed E-state index contributed by atoms with van der Waals surface area (Å²) in [5.74, 6) is -0.892. The summed E-state index contributed by atoms with van der Waals surface area (Å²) >= 11 is 7.86. The molecule has 16 heteroatoms.